The Morgan fingerprint density at radius 2 is 1.86 bits per heavy atom. The number of anilines is 1. The van der Waals surface area contributed by atoms with Crippen molar-refractivity contribution >= 4 is 5.69 Å². The Hall–Kier alpha value is -2.00. The molecule has 1 unspecified atom stereocenters. The van der Waals surface area contributed by atoms with Crippen LogP contribution in [0.15, 0.2) is 42.5 Å². The van der Waals surface area contributed by atoms with Gasteiger partial charge in [0.1, 0.15) is 5.75 Å². The fraction of sp³-hybridized carbons (Fsp3) is 0.333. The molecule has 21 heavy (non-hydrogen) atoms. The highest BCUT2D eigenvalue weighted by Gasteiger charge is 2.14. The predicted molar refractivity (Wildman–Crippen MR) is 89.1 cm³/mol. The number of benzene rings is 2. The van der Waals surface area contributed by atoms with Crippen molar-refractivity contribution in [2.45, 2.75) is 19.9 Å². The van der Waals surface area contributed by atoms with Gasteiger partial charge < -0.3 is 15.4 Å². The van der Waals surface area contributed by atoms with E-state index in [9.17, 15) is 0 Å². The average Bonchev–Trinajstić information content (AvgIpc) is 2.46. The summed E-state index contributed by atoms with van der Waals surface area (Å²) < 4.78 is 5.41. The molecule has 0 spiro atoms. The third-order valence-corrected chi connectivity index (χ3v) is 3.79. The predicted octanol–water partition coefficient (Wildman–Crippen LogP) is 3.45. The summed E-state index contributed by atoms with van der Waals surface area (Å²) in [7, 11) is 3.73. The van der Waals surface area contributed by atoms with E-state index >= 15 is 0 Å². The van der Waals surface area contributed by atoms with E-state index in [4.69, 9.17) is 10.5 Å². The largest absolute Gasteiger partial charge is 0.495 e. The molecule has 112 valence electrons. The van der Waals surface area contributed by atoms with Gasteiger partial charge in [-0.3, -0.25) is 0 Å². The molecule has 2 rings (SSSR count). The number of nitrogens with two attached hydrogens (primary N) is 1. The van der Waals surface area contributed by atoms with E-state index in [1.54, 1.807) is 7.11 Å². The van der Waals surface area contributed by atoms with Crippen LogP contribution in [0.25, 0.3) is 0 Å². The molecule has 1 atom stereocenters. The quantitative estimate of drug-likeness (QED) is 0.914. The first-order chi connectivity index (χ1) is 10.0. The van der Waals surface area contributed by atoms with Crippen molar-refractivity contribution < 1.29 is 4.74 Å². The second kappa shape index (κ2) is 6.64. The highest BCUT2D eigenvalue weighted by atomic mass is 16.5. The molecule has 0 heterocycles. The van der Waals surface area contributed by atoms with Crippen molar-refractivity contribution in [3.8, 4) is 5.75 Å². The van der Waals surface area contributed by atoms with Crippen LogP contribution in [0.3, 0.4) is 0 Å². The molecule has 0 aliphatic rings. The van der Waals surface area contributed by atoms with Crippen LogP contribution in [0.2, 0.25) is 0 Å². The van der Waals surface area contributed by atoms with E-state index in [0.717, 1.165) is 18.0 Å². The Morgan fingerprint density at radius 3 is 2.52 bits per heavy atom. The zero-order valence-corrected chi connectivity index (χ0v) is 13.3. The lowest BCUT2D eigenvalue weighted by Gasteiger charge is -2.26. The first-order valence-electron chi connectivity index (χ1n) is 7.20. The maximum atomic E-state index is 6.39. The van der Waals surface area contributed by atoms with E-state index in [1.807, 2.05) is 31.3 Å². The smallest absolute Gasteiger partial charge is 0.142 e. The minimum Gasteiger partial charge on any atom is -0.495 e. The van der Waals surface area contributed by atoms with Crippen molar-refractivity contribution in [3.05, 3.63) is 59.2 Å². The van der Waals surface area contributed by atoms with E-state index in [0.29, 0.717) is 0 Å². The van der Waals surface area contributed by atoms with E-state index < -0.39 is 0 Å². The minimum atomic E-state index is -0.0273. The summed E-state index contributed by atoms with van der Waals surface area (Å²) in [5, 5.41) is 0. The number of nitrogens with zero attached hydrogens (tertiary/aromatic N) is 1. The normalized spacial score (nSPS) is 12.0. The summed E-state index contributed by atoms with van der Waals surface area (Å²) in [6.07, 6.45) is 0. The zero-order chi connectivity index (χ0) is 15.4. The molecule has 0 radical (unpaired) electrons. The van der Waals surface area contributed by atoms with Gasteiger partial charge in [-0.2, -0.15) is 0 Å². The van der Waals surface area contributed by atoms with Gasteiger partial charge in [0.15, 0.2) is 0 Å². The molecule has 0 saturated heterocycles. The first kappa shape index (κ1) is 15.4. The highest BCUT2D eigenvalue weighted by molar-refractivity contribution is 5.58. The minimum absolute atomic E-state index is 0.0273. The SMILES string of the molecule is COc1ccccc1N(C)CC(N)c1ccc(C)cc1C. The average molecular weight is 284 g/mol. The van der Waals surface area contributed by atoms with Gasteiger partial charge in [-0.1, -0.05) is 35.9 Å². The molecule has 0 aliphatic heterocycles. The van der Waals surface area contributed by atoms with Crippen molar-refractivity contribution in [2.75, 3.05) is 25.6 Å². The molecule has 2 aromatic carbocycles. The van der Waals surface area contributed by atoms with Crippen molar-refractivity contribution in [2.24, 2.45) is 5.73 Å². The van der Waals surface area contributed by atoms with Crippen LogP contribution in [-0.2, 0) is 0 Å². The standard InChI is InChI=1S/C18H24N2O/c1-13-9-10-15(14(2)11-13)16(19)12-20(3)17-7-5-6-8-18(17)21-4/h5-11,16H,12,19H2,1-4H3. The third-order valence-electron chi connectivity index (χ3n) is 3.79. The van der Waals surface area contributed by atoms with Gasteiger partial charge in [0.05, 0.1) is 12.8 Å². The molecular formula is C18H24N2O. The molecular weight excluding hydrogens is 260 g/mol. The van der Waals surface area contributed by atoms with E-state index in [2.05, 4.69) is 36.9 Å². The maximum absolute atomic E-state index is 6.39. The molecule has 0 aliphatic carbocycles. The lowest BCUT2D eigenvalue weighted by molar-refractivity contribution is 0.414. The lowest BCUT2D eigenvalue weighted by Crippen LogP contribution is -2.29. The van der Waals surface area contributed by atoms with Crippen molar-refractivity contribution in [1.82, 2.24) is 0 Å². The van der Waals surface area contributed by atoms with Gasteiger partial charge in [-0.05, 0) is 37.1 Å². The summed E-state index contributed by atoms with van der Waals surface area (Å²) in [6.45, 7) is 4.96. The third kappa shape index (κ3) is 3.56. The molecule has 0 fully saturated rings. The summed E-state index contributed by atoms with van der Waals surface area (Å²) in [5.41, 5.74) is 11.2. The number of methoxy groups -OCH3 is 1. The molecule has 0 bridgehead atoms. The number of hydrogen-bond donors (Lipinski definition) is 1. The number of para-hydroxylation sites is 2. The number of aryl methyl sites for hydroxylation is 2. The Kier molecular flexibility index (Phi) is 4.86. The van der Waals surface area contributed by atoms with Crippen LogP contribution in [0.1, 0.15) is 22.7 Å². The molecule has 0 aromatic heterocycles. The second-order valence-corrected chi connectivity index (χ2v) is 5.52. The summed E-state index contributed by atoms with van der Waals surface area (Å²) >= 11 is 0. The van der Waals surface area contributed by atoms with E-state index in [1.165, 1.54) is 16.7 Å². The van der Waals surface area contributed by atoms with Gasteiger partial charge in [0.25, 0.3) is 0 Å². The Morgan fingerprint density at radius 1 is 1.14 bits per heavy atom. The fourth-order valence-corrected chi connectivity index (χ4v) is 2.68. The van der Waals surface area contributed by atoms with Crippen LogP contribution in [0, 0.1) is 13.8 Å². The maximum Gasteiger partial charge on any atom is 0.142 e. The van der Waals surface area contributed by atoms with Gasteiger partial charge >= 0.3 is 0 Å². The molecule has 2 N–H and O–H groups in total. The highest BCUT2D eigenvalue weighted by Crippen LogP contribution is 2.28. The van der Waals surface area contributed by atoms with E-state index in [-0.39, 0.29) is 6.04 Å². The monoisotopic (exact) mass is 284 g/mol. The van der Waals surface area contributed by atoms with Crippen LogP contribution < -0.4 is 15.4 Å². The van der Waals surface area contributed by atoms with Crippen LogP contribution in [0.4, 0.5) is 5.69 Å². The van der Waals surface area contributed by atoms with Crippen molar-refractivity contribution in [1.29, 1.82) is 0 Å². The molecule has 2 aromatic rings. The first-order valence-corrected chi connectivity index (χ1v) is 7.20. The zero-order valence-electron chi connectivity index (χ0n) is 13.3. The van der Waals surface area contributed by atoms with Gasteiger partial charge in [-0.15, -0.1) is 0 Å². The second-order valence-electron chi connectivity index (χ2n) is 5.52. The van der Waals surface area contributed by atoms with Crippen molar-refractivity contribution in [3.63, 3.8) is 0 Å². The lowest BCUT2D eigenvalue weighted by atomic mass is 9.99. The number of likely N-dealkylation sites (N-methyl/N-ethyl adjacent to an activating group) is 1. The van der Waals surface area contributed by atoms with Crippen LogP contribution >= 0.6 is 0 Å². The molecule has 3 nitrogen and oxygen atoms in total. The topological polar surface area (TPSA) is 38.5 Å². The Bertz CT molecular complexity index is 610. The number of rotatable bonds is 5. The van der Waals surface area contributed by atoms with Gasteiger partial charge in [0.2, 0.25) is 0 Å². The molecule has 0 amide bonds. The summed E-state index contributed by atoms with van der Waals surface area (Å²) in [6, 6.07) is 14.4. The Labute approximate surface area is 127 Å². The van der Waals surface area contributed by atoms with Crippen LogP contribution in [0.5, 0.6) is 5.75 Å². The number of ether oxygens (including phenoxy) is 1. The van der Waals surface area contributed by atoms with Gasteiger partial charge in [0, 0.05) is 19.6 Å². The fourth-order valence-electron chi connectivity index (χ4n) is 2.68. The summed E-state index contributed by atoms with van der Waals surface area (Å²) in [5.74, 6) is 0.868. The Balaban J connectivity index is 2.16. The molecule has 0 saturated carbocycles. The molecule has 3 heteroatoms. The summed E-state index contributed by atoms with van der Waals surface area (Å²) in [4.78, 5) is 2.14. The number of hydrogen-bond acceptors (Lipinski definition) is 3. The van der Waals surface area contributed by atoms with Gasteiger partial charge in [-0.25, -0.2) is 0 Å². The van der Waals surface area contributed by atoms with Crippen LogP contribution in [-0.4, -0.2) is 20.7 Å².